The van der Waals surface area contributed by atoms with Crippen molar-refractivity contribution in [3.8, 4) is 28.7 Å². The maximum absolute atomic E-state index is 12.3. The molecule has 1 atom stereocenters. The fourth-order valence-electron chi connectivity index (χ4n) is 3.35. The molecule has 7 nitrogen and oxygen atoms in total. The quantitative estimate of drug-likeness (QED) is 0.466. The Balaban J connectivity index is 1.34. The van der Waals surface area contributed by atoms with E-state index in [1.807, 2.05) is 41.1 Å². The van der Waals surface area contributed by atoms with Crippen molar-refractivity contribution in [1.29, 1.82) is 0 Å². The molecule has 0 amide bonds. The SMILES string of the molecule is FC(F)(F)Oc1ccc(-c2noc(-c3cc4n(n3)CC(c3ccccc3)OC4)n2)cc1. The van der Waals surface area contributed by atoms with Crippen LogP contribution in [-0.4, -0.2) is 26.3 Å². The van der Waals surface area contributed by atoms with E-state index in [4.69, 9.17) is 9.26 Å². The average molecular weight is 428 g/mol. The zero-order valence-electron chi connectivity index (χ0n) is 15.9. The van der Waals surface area contributed by atoms with Crippen LogP contribution in [0, 0.1) is 0 Å². The molecule has 0 aliphatic carbocycles. The van der Waals surface area contributed by atoms with Gasteiger partial charge in [0, 0.05) is 5.56 Å². The van der Waals surface area contributed by atoms with E-state index in [0.717, 1.165) is 11.3 Å². The summed E-state index contributed by atoms with van der Waals surface area (Å²) in [6.07, 6.45) is -4.85. The molecule has 31 heavy (non-hydrogen) atoms. The Morgan fingerprint density at radius 3 is 2.55 bits per heavy atom. The molecule has 4 aromatic rings. The first-order valence-electron chi connectivity index (χ1n) is 9.38. The second kappa shape index (κ2) is 7.55. The van der Waals surface area contributed by atoms with Gasteiger partial charge in [-0.1, -0.05) is 35.5 Å². The zero-order valence-corrected chi connectivity index (χ0v) is 15.9. The third-order valence-electron chi connectivity index (χ3n) is 4.80. The van der Waals surface area contributed by atoms with Crippen molar-refractivity contribution >= 4 is 0 Å². The molecule has 10 heteroatoms. The molecule has 158 valence electrons. The maximum atomic E-state index is 12.3. The summed E-state index contributed by atoms with van der Waals surface area (Å²) < 4.78 is 53.9. The van der Waals surface area contributed by atoms with Gasteiger partial charge in [-0.15, -0.1) is 13.2 Å². The predicted octanol–water partition coefficient (Wildman–Crippen LogP) is 4.77. The lowest BCUT2D eigenvalue weighted by Crippen LogP contribution is -2.21. The third kappa shape index (κ3) is 4.15. The lowest BCUT2D eigenvalue weighted by atomic mass is 10.1. The van der Waals surface area contributed by atoms with Crippen LogP contribution in [-0.2, 0) is 17.9 Å². The molecule has 5 rings (SSSR count). The molecule has 3 heterocycles. The number of alkyl halides is 3. The fourth-order valence-corrected chi connectivity index (χ4v) is 3.35. The number of rotatable bonds is 4. The van der Waals surface area contributed by atoms with E-state index >= 15 is 0 Å². The van der Waals surface area contributed by atoms with Gasteiger partial charge in [0.2, 0.25) is 5.82 Å². The summed E-state index contributed by atoms with van der Waals surface area (Å²) in [5.74, 6) is 0.122. The summed E-state index contributed by atoms with van der Waals surface area (Å²) in [7, 11) is 0. The Morgan fingerprint density at radius 1 is 1.03 bits per heavy atom. The number of ether oxygens (including phenoxy) is 2. The van der Waals surface area contributed by atoms with Gasteiger partial charge in [-0.2, -0.15) is 10.1 Å². The van der Waals surface area contributed by atoms with E-state index in [0.29, 0.717) is 24.4 Å². The monoisotopic (exact) mass is 428 g/mol. The van der Waals surface area contributed by atoms with E-state index < -0.39 is 6.36 Å². The molecule has 1 unspecified atom stereocenters. The Kier molecular flexibility index (Phi) is 4.70. The van der Waals surface area contributed by atoms with Gasteiger partial charge in [-0.25, -0.2) is 0 Å². The Hall–Kier alpha value is -3.66. The normalized spacial score (nSPS) is 16.2. The van der Waals surface area contributed by atoms with Crippen molar-refractivity contribution in [2.75, 3.05) is 0 Å². The highest BCUT2D eigenvalue weighted by molar-refractivity contribution is 5.59. The van der Waals surface area contributed by atoms with Gasteiger partial charge in [0.05, 0.1) is 18.8 Å². The number of benzene rings is 2. The molecule has 0 saturated carbocycles. The van der Waals surface area contributed by atoms with Crippen LogP contribution in [0.1, 0.15) is 17.4 Å². The minimum atomic E-state index is -4.75. The maximum Gasteiger partial charge on any atom is 0.573 e. The summed E-state index contributed by atoms with van der Waals surface area (Å²) in [6, 6.07) is 16.9. The second-order valence-electron chi connectivity index (χ2n) is 6.91. The molecular formula is C21H15F3N4O3. The van der Waals surface area contributed by atoms with Crippen LogP contribution in [0.3, 0.4) is 0 Å². The van der Waals surface area contributed by atoms with E-state index in [1.165, 1.54) is 24.3 Å². The van der Waals surface area contributed by atoms with Gasteiger partial charge in [0.25, 0.3) is 5.89 Å². The largest absolute Gasteiger partial charge is 0.573 e. The van der Waals surface area contributed by atoms with E-state index in [-0.39, 0.29) is 23.6 Å². The molecule has 1 aliphatic heterocycles. The van der Waals surface area contributed by atoms with Gasteiger partial charge < -0.3 is 14.0 Å². The van der Waals surface area contributed by atoms with Crippen molar-refractivity contribution in [1.82, 2.24) is 19.9 Å². The van der Waals surface area contributed by atoms with Crippen LogP contribution >= 0.6 is 0 Å². The molecule has 2 aromatic carbocycles. The number of halogens is 3. The summed E-state index contributed by atoms with van der Waals surface area (Å²) in [4.78, 5) is 4.32. The molecule has 1 aliphatic rings. The number of nitrogens with zero attached hydrogens (tertiary/aromatic N) is 4. The third-order valence-corrected chi connectivity index (χ3v) is 4.80. The number of hydrogen-bond donors (Lipinski definition) is 0. The Labute approximate surface area is 174 Å². The van der Waals surface area contributed by atoms with E-state index in [2.05, 4.69) is 20.0 Å². The summed E-state index contributed by atoms with van der Waals surface area (Å²) in [6.45, 7) is 0.954. The van der Waals surface area contributed by atoms with Crippen molar-refractivity contribution in [3.63, 3.8) is 0 Å². The fraction of sp³-hybridized carbons (Fsp3) is 0.190. The lowest BCUT2D eigenvalue weighted by Gasteiger charge is -2.24. The first-order valence-corrected chi connectivity index (χ1v) is 9.38. The van der Waals surface area contributed by atoms with Crippen LogP contribution in [0.4, 0.5) is 13.2 Å². The topological polar surface area (TPSA) is 75.2 Å². The minimum Gasteiger partial charge on any atom is -0.406 e. The average Bonchev–Trinajstić information content (AvgIpc) is 3.40. The van der Waals surface area contributed by atoms with Crippen molar-refractivity contribution in [2.45, 2.75) is 25.6 Å². The molecular weight excluding hydrogens is 413 g/mol. The van der Waals surface area contributed by atoms with Crippen LogP contribution in [0.5, 0.6) is 5.75 Å². The standard InChI is InChI=1S/C21H15F3N4O3/c22-21(23,24)30-16-8-6-14(7-9-16)19-25-20(31-27-19)17-10-15-12-29-18(11-28(15)26-17)13-4-2-1-3-5-13/h1-10,18H,11-12H2. The van der Waals surface area contributed by atoms with Gasteiger partial charge in [-0.05, 0) is 35.9 Å². The van der Waals surface area contributed by atoms with E-state index in [1.54, 1.807) is 0 Å². The summed E-state index contributed by atoms with van der Waals surface area (Å²) in [5.41, 5.74) is 2.95. The molecule has 0 spiro atoms. The molecule has 0 radical (unpaired) electrons. The molecule has 0 N–H and O–H groups in total. The molecule has 2 aromatic heterocycles. The Bertz CT molecular complexity index is 1190. The van der Waals surface area contributed by atoms with Crippen LogP contribution < -0.4 is 4.74 Å². The number of fused-ring (bicyclic) bond motifs is 1. The first kappa shape index (κ1) is 19.3. The highest BCUT2D eigenvalue weighted by atomic mass is 19.4. The summed E-state index contributed by atoms with van der Waals surface area (Å²) >= 11 is 0. The van der Waals surface area contributed by atoms with Crippen LogP contribution in [0.2, 0.25) is 0 Å². The van der Waals surface area contributed by atoms with Crippen LogP contribution in [0.25, 0.3) is 23.0 Å². The predicted molar refractivity (Wildman–Crippen MR) is 102 cm³/mol. The second-order valence-corrected chi connectivity index (χ2v) is 6.91. The first-order chi connectivity index (χ1) is 14.9. The highest BCUT2D eigenvalue weighted by Crippen LogP contribution is 2.30. The van der Waals surface area contributed by atoms with Crippen molar-refractivity contribution in [2.24, 2.45) is 0 Å². The Morgan fingerprint density at radius 2 is 1.81 bits per heavy atom. The van der Waals surface area contributed by atoms with E-state index in [9.17, 15) is 13.2 Å². The zero-order chi connectivity index (χ0) is 21.4. The minimum absolute atomic E-state index is 0.0999. The summed E-state index contributed by atoms with van der Waals surface area (Å²) in [5, 5.41) is 8.46. The van der Waals surface area contributed by atoms with Gasteiger partial charge >= 0.3 is 6.36 Å². The van der Waals surface area contributed by atoms with Crippen LogP contribution in [0.15, 0.2) is 65.2 Å². The lowest BCUT2D eigenvalue weighted by molar-refractivity contribution is -0.274. The highest BCUT2D eigenvalue weighted by Gasteiger charge is 2.31. The number of aromatic nitrogens is 4. The van der Waals surface area contributed by atoms with Gasteiger partial charge in [-0.3, -0.25) is 4.68 Å². The van der Waals surface area contributed by atoms with Gasteiger partial charge in [0.1, 0.15) is 11.9 Å². The van der Waals surface area contributed by atoms with Crippen molar-refractivity contribution < 1.29 is 27.2 Å². The smallest absolute Gasteiger partial charge is 0.406 e. The molecule has 0 fully saturated rings. The molecule has 0 bridgehead atoms. The number of hydrogen-bond acceptors (Lipinski definition) is 6. The molecule has 0 saturated heterocycles. The van der Waals surface area contributed by atoms with Crippen molar-refractivity contribution in [3.05, 3.63) is 71.9 Å². The van der Waals surface area contributed by atoms with Gasteiger partial charge in [0.15, 0.2) is 5.69 Å².